The van der Waals surface area contributed by atoms with Crippen molar-refractivity contribution in [3.05, 3.63) is 41.1 Å². The molecule has 1 aromatic heterocycles. The molecular weight excluding hydrogens is 432 g/mol. The van der Waals surface area contributed by atoms with Crippen molar-refractivity contribution < 1.29 is 19.1 Å². The van der Waals surface area contributed by atoms with Gasteiger partial charge in [-0.3, -0.25) is 9.59 Å². The third kappa shape index (κ3) is 4.58. The molecule has 1 fully saturated rings. The van der Waals surface area contributed by atoms with Crippen LogP contribution in [-0.4, -0.2) is 70.1 Å². The van der Waals surface area contributed by atoms with Gasteiger partial charge >= 0.3 is 0 Å². The number of ether oxygens (including phenoxy) is 2. The number of allylic oxidation sites excluding steroid dienone is 1. The van der Waals surface area contributed by atoms with Gasteiger partial charge in [0.15, 0.2) is 6.61 Å². The first kappa shape index (κ1) is 22.2. The number of morpholine rings is 1. The fourth-order valence-electron chi connectivity index (χ4n) is 3.74. The average Bonchev–Trinajstić information content (AvgIpc) is 3.19. The first-order chi connectivity index (χ1) is 15.5. The molecule has 4 rings (SSSR count). The molecule has 2 amide bonds. The van der Waals surface area contributed by atoms with Crippen LogP contribution in [0.3, 0.4) is 0 Å². The Bertz CT molecular complexity index is 1030. The fourth-order valence-corrected chi connectivity index (χ4v) is 4.30. The molecule has 170 valence electrons. The molecule has 3 heterocycles. The highest BCUT2D eigenvalue weighted by atomic mass is 32.2. The normalized spacial score (nSPS) is 18.2. The molecule has 0 aliphatic carbocycles. The van der Waals surface area contributed by atoms with E-state index < -0.39 is 11.9 Å². The summed E-state index contributed by atoms with van der Waals surface area (Å²) in [4.78, 5) is 30.8. The lowest BCUT2D eigenvalue weighted by molar-refractivity contribution is -0.137. The largest absolute Gasteiger partial charge is 0.484 e. The van der Waals surface area contributed by atoms with Gasteiger partial charge in [0, 0.05) is 18.8 Å². The molecule has 0 saturated carbocycles. The lowest BCUT2D eigenvalue weighted by atomic mass is 9.95. The fraction of sp³-hybridized carbons (Fsp3) is 0.429. The Kier molecular flexibility index (Phi) is 6.66. The van der Waals surface area contributed by atoms with Crippen LogP contribution >= 0.6 is 11.8 Å². The zero-order valence-corrected chi connectivity index (χ0v) is 18.9. The van der Waals surface area contributed by atoms with E-state index in [1.165, 1.54) is 11.8 Å². The summed E-state index contributed by atoms with van der Waals surface area (Å²) in [6.45, 7) is 6.04. The first-order valence-corrected chi connectivity index (χ1v) is 11.4. The van der Waals surface area contributed by atoms with Gasteiger partial charge < -0.3 is 25.4 Å². The zero-order chi connectivity index (χ0) is 22.7. The van der Waals surface area contributed by atoms with Crippen molar-refractivity contribution in [1.82, 2.24) is 19.7 Å². The van der Waals surface area contributed by atoms with Crippen LogP contribution in [0.15, 0.2) is 40.7 Å². The van der Waals surface area contributed by atoms with Crippen LogP contribution in [0.4, 0.5) is 5.95 Å². The molecule has 3 N–H and O–H groups in total. The smallest absolute Gasteiger partial charge is 0.260 e. The van der Waals surface area contributed by atoms with Crippen molar-refractivity contribution in [3.63, 3.8) is 0 Å². The summed E-state index contributed by atoms with van der Waals surface area (Å²) in [6.07, 6.45) is 0. The van der Waals surface area contributed by atoms with E-state index in [2.05, 4.69) is 15.4 Å². The predicted octanol–water partition coefficient (Wildman–Crippen LogP) is 1.40. The van der Waals surface area contributed by atoms with Crippen LogP contribution < -0.4 is 15.8 Å². The van der Waals surface area contributed by atoms with Crippen LogP contribution in [0.25, 0.3) is 0 Å². The van der Waals surface area contributed by atoms with E-state index in [-0.39, 0.29) is 12.5 Å². The summed E-state index contributed by atoms with van der Waals surface area (Å²) in [5.74, 6) is 1.36. The van der Waals surface area contributed by atoms with Gasteiger partial charge in [-0.15, -0.1) is 5.10 Å². The van der Waals surface area contributed by atoms with Crippen molar-refractivity contribution in [1.29, 1.82) is 0 Å². The van der Waals surface area contributed by atoms with E-state index in [0.717, 1.165) is 11.3 Å². The molecule has 1 aromatic carbocycles. The minimum absolute atomic E-state index is 0.0386. The van der Waals surface area contributed by atoms with E-state index in [9.17, 15) is 9.59 Å². The number of nitrogens with one attached hydrogen (secondary N) is 1. The summed E-state index contributed by atoms with van der Waals surface area (Å²) >= 11 is 1.52. The number of nitrogens with zero attached hydrogens (tertiary/aromatic N) is 4. The molecule has 1 unspecified atom stereocenters. The number of nitrogens with two attached hydrogens (primary N) is 1. The monoisotopic (exact) mass is 458 g/mol. The minimum atomic E-state index is -0.526. The van der Waals surface area contributed by atoms with Crippen LogP contribution in [0.2, 0.25) is 0 Å². The first-order valence-electron chi connectivity index (χ1n) is 10.4. The third-order valence-corrected chi connectivity index (χ3v) is 6.01. The topological polar surface area (TPSA) is 125 Å². The predicted molar refractivity (Wildman–Crippen MR) is 119 cm³/mol. The Morgan fingerprint density at radius 1 is 1.28 bits per heavy atom. The Balaban J connectivity index is 1.54. The Morgan fingerprint density at radius 3 is 2.66 bits per heavy atom. The van der Waals surface area contributed by atoms with Gasteiger partial charge in [0.25, 0.3) is 5.91 Å². The molecular formula is C21H26N6O4S. The number of benzene rings is 1. The Labute approximate surface area is 190 Å². The molecule has 0 spiro atoms. The maximum absolute atomic E-state index is 12.3. The van der Waals surface area contributed by atoms with Crippen molar-refractivity contribution >= 4 is 29.5 Å². The summed E-state index contributed by atoms with van der Waals surface area (Å²) < 4.78 is 12.6. The van der Waals surface area contributed by atoms with Crippen LogP contribution in [-0.2, 0) is 14.3 Å². The molecule has 10 nitrogen and oxygen atoms in total. The maximum Gasteiger partial charge on any atom is 0.260 e. The van der Waals surface area contributed by atoms with Crippen molar-refractivity contribution in [2.45, 2.75) is 25.0 Å². The van der Waals surface area contributed by atoms with Gasteiger partial charge in [-0.1, -0.05) is 30.8 Å². The molecule has 1 atom stereocenters. The number of hydrogen-bond acceptors (Lipinski definition) is 8. The number of anilines is 1. The number of primary amides is 1. The molecule has 2 aliphatic heterocycles. The number of amides is 2. The summed E-state index contributed by atoms with van der Waals surface area (Å²) in [5, 5.41) is 8.32. The second-order valence-corrected chi connectivity index (χ2v) is 8.61. The number of hydrogen-bond donors (Lipinski definition) is 2. The number of thioether (sulfide) groups is 1. The maximum atomic E-state index is 12.3. The summed E-state index contributed by atoms with van der Waals surface area (Å²) in [7, 11) is 0. The highest BCUT2D eigenvalue weighted by molar-refractivity contribution is 7.99. The Morgan fingerprint density at radius 2 is 2.00 bits per heavy atom. The van der Waals surface area contributed by atoms with E-state index in [1.807, 2.05) is 19.1 Å². The van der Waals surface area contributed by atoms with Crippen LogP contribution in [0, 0.1) is 0 Å². The second-order valence-electron chi connectivity index (χ2n) is 7.38. The number of carbonyl (C=O) groups excluding carboxylic acids is 2. The third-order valence-electron chi connectivity index (χ3n) is 5.29. The second kappa shape index (κ2) is 9.61. The zero-order valence-electron chi connectivity index (χ0n) is 18.0. The van der Waals surface area contributed by atoms with Gasteiger partial charge in [0.2, 0.25) is 17.0 Å². The van der Waals surface area contributed by atoms with Gasteiger partial charge in [0.05, 0.1) is 18.8 Å². The average molecular weight is 459 g/mol. The highest BCUT2D eigenvalue weighted by Crippen LogP contribution is 2.36. The molecule has 1 saturated heterocycles. The van der Waals surface area contributed by atoms with Crippen molar-refractivity contribution in [3.8, 4) is 5.75 Å². The van der Waals surface area contributed by atoms with E-state index in [0.29, 0.717) is 54.4 Å². The number of rotatable bonds is 7. The number of aromatic nitrogens is 3. The standard InChI is InChI=1S/C21H26N6O4S/c1-3-32-21-24-20-23-13(2)17(19(22)29)18(27(20)25-21)14-4-6-15(7-5-14)31-12-16(28)26-8-10-30-11-9-26/h4-7,18H,3,8-12H2,1-2H3,(H2,22,29)(H,23,24,25). The lowest BCUT2D eigenvalue weighted by Crippen LogP contribution is -2.42. The summed E-state index contributed by atoms with van der Waals surface area (Å²) in [6, 6.07) is 6.73. The molecule has 0 bridgehead atoms. The number of carbonyl (C=O) groups is 2. The van der Waals surface area contributed by atoms with Crippen LogP contribution in [0.5, 0.6) is 5.75 Å². The van der Waals surface area contributed by atoms with Gasteiger partial charge in [-0.05, 0) is 30.4 Å². The molecule has 11 heteroatoms. The minimum Gasteiger partial charge on any atom is -0.484 e. The molecule has 32 heavy (non-hydrogen) atoms. The van der Waals surface area contributed by atoms with E-state index >= 15 is 0 Å². The summed E-state index contributed by atoms with van der Waals surface area (Å²) in [5.41, 5.74) is 7.59. The van der Waals surface area contributed by atoms with Crippen molar-refractivity contribution in [2.75, 3.05) is 44.0 Å². The van der Waals surface area contributed by atoms with E-state index in [1.54, 1.807) is 28.6 Å². The van der Waals surface area contributed by atoms with Gasteiger partial charge in [0.1, 0.15) is 11.8 Å². The van der Waals surface area contributed by atoms with Crippen molar-refractivity contribution in [2.24, 2.45) is 5.73 Å². The molecule has 2 aromatic rings. The molecule has 2 aliphatic rings. The number of fused-ring (bicyclic) bond motifs is 1. The van der Waals surface area contributed by atoms with Gasteiger partial charge in [-0.25, -0.2) is 4.68 Å². The SMILES string of the molecule is CCSc1nc2n(n1)C(c1ccc(OCC(=O)N3CCOCC3)cc1)C(C(N)=O)=C(C)N2. The highest BCUT2D eigenvalue weighted by Gasteiger charge is 2.33. The van der Waals surface area contributed by atoms with E-state index in [4.69, 9.17) is 15.2 Å². The van der Waals surface area contributed by atoms with Gasteiger partial charge in [-0.2, -0.15) is 4.98 Å². The molecule has 0 radical (unpaired) electrons. The lowest BCUT2D eigenvalue weighted by Gasteiger charge is -2.28. The van der Waals surface area contributed by atoms with Crippen LogP contribution in [0.1, 0.15) is 25.5 Å². The Hall–Kier alpha value is -3.05. The quantitative estimate of drug-likeness (QED) is 0.597.